The monoisotopic (exact) mass is 207 g/mol. The first-order chi connectivity index (χ1) is 6.83. The maximum absolute atomic E-state index is 3.50. The van der Waals surface area contributed by atoms with Gasteiger partial charge in [-0.2, -0.15) is 0 Å². The summed E-state index contributed by atoms with van der Waals surface area (Å²) in [6.45, 7) is 4.75. The molecule has 2 heteroatoms. The van der Waals surface area contributed by atoms with Gasteiger partial charge in [-0.3, -0.25) is 0 Å². The standard InChI is InChI=1S/C12H17NS/c1-9-3-7-14-11(9)12(4-5-12)10-2-6-13-8-10/h3,7,10,13H,2,4-6,8H2,1H3. The van der Waals surface area contributed by atoms with Crippen LogP contribution < -0.4 is 5.32 Å². The summed E-state index contributed by atoms with van der Waals surface area (Å²) in [5, 5.41) is 5.76. The highest BCUT2D eigenvalue weighted by atomic mass is 32.1. The van der Waals surface area contributed by atoms with Crippen molar-refractivity contribution in [1.82, 2.24) is 5.32 Å². The van der Waals surface area contributed by atoms with E-state index in [1.165, 1.54) is 37.9 Å². The van der Waals surface area contributed by atoms with Crippen molar-refractivity contribution < 1.29 is 0 Å². The zero-order valence-electron chi connectivity index (χ0n) is 8.68. The predicted molar refractivity (Wildman–Crippen MR) is 60.9 cm³/mol. The number of aryl methyl sites for hydroxylation is 1. The van der Waals surface area contributed by atoms with E-state index in [0.29, 0.717) is 5.41 Å². The molecule has 2 heterocycles. The molecule has 3 rings (SSSR count). The highest BCUT2D eigenvalue weighted by molar-refractivity contribution is 7.10. The molecule has 1 saturated carbocycles. The van der Waals surface area contributed by atoms with Crippen molar-refractivity contribution in [3.8, 4) is 0 Å². The quantitative estimate of drug-likeness (QED) is 0.786. The lowest BCUT2D eigenvalue weighted by Crippen LogP contribution is -2.22. The first-order valence-corrected chi connectivity index (χ1v) is 6.46. The second kappa shape index (κ2) is 3.07. The van der Waals surface area contributed by atoms with Crippen LogP contribution in [-0.2, 0) is 5.41 Å². The molecule has 2 aliphatic rings. The molecular formula is C12H17NS. The van der Waals surface area contributed by atoms with Crippen molar-refractivity contribution in [3.05, 3.63) is 21.9 Å². The van der Waals surface area contributed by atoms with Gasteiger partial charge in [-0.1, -0.05) is 0 Å². The minimum Gasteiger partial charge on any atom is -0.316 e. The third kappa shape index (κ3) is 1.17. The van der Waals surface area contributed by atoms with Crippen molar-refractivity contribution in [2.24, 2.45) is 5.92 Å². The number of rotatable bonds is 2. The van der Waals surface area contributed by atoms with E-state index in [1.54, 1.807) is 4.88 Å². The Balaban J connectivity index is 1.93. The second-order valence-corrected chi connectivity index (χ2v) is 5.69. The van der Waals surface area contributed by atoms with E-state index < -0.39 is 0 Å². The molecule has 1 aliphatic heterocycles. The fourth-order valence-electron chi connectivity index (χ4n) is 2.96. The van der Waals surface area contributed by atoms with Gasteiger partial charge in [0.05, 0.1) is 0 Å². The average Bonchev–Trinajstić information content (AvgIpc) is 2.69. The molecule has 2 fully saturated rings. The molecule has 0 radical (unpaired) electrons. The van der Waals surface area contributed by atoms with Gasteiger partial charge >= 0.3 is 0 Å². The Labute approximate surface area is 89.5 Å². The number of hydrogen-bond acceptors (Lipinski definition) is 2. The van der Waals surface area contributed by atoms with Gasteiger partial charge < -0.3 is 5.32 Å². The number of hydrogen-bond donors (Lipinski definition) is 1. The summed E-state index contributed by atoms with van der Waals surface area (Å²) >= 11 is 1.98. The van der Waals surface area contributed by atoms with Crippen LogP contribution in [0.1, 0.15) is 29.7 Å². The van der Waals surface area contributed by atoms with Crippen LogP contribution in [0.25, 0.3) is 0 Å². The summed E-state index contributed by atoms with van der Waals surface area (Å²) < 4.78 is 0. The lowest BCUT2D eigenvalue weighted by molar-refractivity contribution is 0.444. The Bertz CT molecular complexity index is 332. The molecule has 1 nitrogen and oxygen atoms in total. The normalized spacial score (nSPS) is 29.4. The zero-order valence-corrected chi connectivity index (χ0v) is 9.49. The van der Waals surface area contributed by atoms with Gasteiger partial charge in [0.2, 0.25) is 0 Å². The van der Waals surface area contributed by atoms with Gasteiger partial charge in [-0.15, -0.1) is 11.3 Å². The third-order valence-electron chi connectivity index (χ3n) is 3.94. The molecular weight excluding hydrogens is 190 g/mol. The summed E-state index contributed by atoms with van der Waals surface area (Å²) in [5.41, 5.74) is 2.13. The highest BCUT2D eigenvalue weighted by Gasteiger charge is 2.52. The second-order valence-electron chi connectivity index (χ2n) is 4.78. The smallest absolute Gasteiger partial charge is 0.0139 e. The van der Waals surface area contributed by atoms with E-state index in [4.69, 9.17) is 0 Å². The maximum Gasteiger partial charge on any atom is 0.0139 e. The lowest BCUT2D eigenvalue weighted by atomic mass is 9.85. The first kappa shape index (κ1) is 8.93. The molecule has 1 saturated heterocycles. The van der Waals surface area contributed by atoms with Crippen LogP contribution in [0.2, 0.25) is 0 Å². The van der Waals surface area contributed by atoms with Crippen LogP contribution in [-0.4, -0.2) is 13.1 Å². The fraction of sp³-hybridized carbons (Fsp3) is 0.667. The number of nitrogens with one attached hydrogen (secondary N) is 1. The largest absolute Gasteiger partial charge is 0.316 e. The van der Waals surface area contributed by atoms with E-state index in [2.05, 4.69) is 23.7 Å². The molecule has 0 aromatic carbocycles. The van der Waals surface area contributed by atoms with Gasteiger partial charge in [-0.05, 0) is 62.2 Å². The summed E-state index contributed by atoms with van der Waals surface area (Å²) in [7, 11) is 0. The summed E-state index contributed by atoms with van der Waals surface area (Å²) in [4.78, 5) is 1.69. The number of thiophene rings is 1. The molecule has 0 bridgehead atoms. The molecule has 1 N–H and O–H groups in total. The Morgan fingerprint density at radius 2 is 2.36 bits per heavy atom. The van der Waals surface area contributed by atoms with Crippen LogP contribution >= 0.6 is 11.3 Å². The molecule has 1 aliphatic carbocycles. The van der Waals surface area contributed by atoms with E-state index in [1.807, 2.05) is 11.3 Å². The Hall–Kier alpha value is -0.340. The molecule has 14 heavy (non-hydrogen) atoms. The third-order valence-corrected chi connectivity index (χ3v) is 5.18. The lowest BCUT2D eigenvalue weighted by Gasteiger charge is -2.21. The van der Waals surface area contributed by atoms with E-state index in [-0.39, 0.29) is 0 Å². The van der Waals surface area contributed by atoms with Crippen molar-refractivity contribution in [3.63, 3.8) is 0 Å². The summed E-state index contributed by atoms with van der Waals surface area (Å²) in [6.07, 6.45) is 4.25. The SMILES string of the molecule is Cc1ccsc1C1(C2CCNC2)CC1. The van der Waals surface area contributed by atoms with Crippen molar-refractivity contribution in [1.29, 1.82) is 0 Å². The predicted octanol–water partition coefficient (Wildman–Crippen LogP) is 2.70. The van der Waals surface area contributed by atoms with Crippen LogP contribution in [0, 0.1) is 12.8 Å². The molecule has 1 atom stereocenters. The highest BCUT2D eigenvalue weighted by Crippen LogP contribution is 2.57. The fourth-order valence-corrected chi connectivity index (χ4v) is 4.23. The van der Waals surface area contributed by atoms with E-state index in [0.717, 1.165) is 5.92 Å². The maximum atomic E-state index is 3.50. The van der Waals surface area contributed by atoms with Crippen LogP contribution in [0.5, 0.6) is 0 Å². The van der Waals surface area contributed by atoms with Gasteiger partial charge in [0.1, 0.15) is 0 Å². The van der Waals surface area contributed by atoms with E-state index >= 15 is 0 Å². The molecule has 76 valence electrons. The van der Waals surface area contributed by atoms with E-state index in [9.17, 15) is 0 Å². The minimum atomic E-state index is 0.599. The topological polar surface area (TPSA) is 12.0 Å². The van der Waals surface area contributed by atoms with Crippen LogP contribution in [0.4, 0.5) is 0 Å². The molecule has 1 aromatic rings. The molecule has 1 unspecified atom stereocenters. The van der Waals surface area contributed by atoms with Crippen LogP contribution in [0.15, 0.2) is 11.4 Å². The van der Waals surface area contributed by atoms with Crippen molar-refractivity contribution in [2.75, 3.05) is 13.1 Å². The molecule has 0 spiro atoms. The first-order valence-electron chi connectivity index (χ1n) is 5.58. The van der Waals surface area contributed by atoms with Crippen molar-refractivity contribution >= 4 is 11.3 Å². The van der Waals surface area contributed by atoms with Gasteiger partial charge in [0.15, 0.2) is 0 Å². The summed E-state index contributed by atoms with van der Waals surface area (Å²) in [6, 6.07) is 2.28. The van der Waals surface area contributed by atoms with Gasteiger partial charge in [0.25, 0.3) is 0 Å². The molecule has 0 amide bonds. The summed E-state index contributed by atoms with van der Waals surface area (Å²) in [5.74, 6) is 0.917. The Kier molecular flexibility index (Phi) is 1.96. The Morgan fingerprint density at radius 1 is 1.50 bits per heavy atom. The Morgan fingerprint density at radius 3 is 2.86 bits per heavy atom. The molecule has 1 aromatic heterocycles. The van der Waals surface area contributed by atoms with Crippen LogP contribution in [0.3, 0.4) is 0 Å². The van der Waals surface area contributed by atoms with Gasteiger partial charge in [-0.25, -0.2) is 0 Å². The minimum absolute atomic E-state index is 0.599. The zero-order chi connectivity index (χ0) is 9.60. The van der Waals surface area contributed by atoms with Crippen molar-refractivity contribution in [2.45, 2.75) is 31.6 Å². The van der Waals surface area contributed by atoms with Gasteiger partial charge in [0, 0.05) is 10.3 Å². The average molecular weight is 207 g/mol.